The van der Waals surface area contributed by atoms with Gasteiger partial charge in [-0.2, -0.15) is 0 Å². The molecule has 1 rings (SSSR count). The molecule has 1 aliphatic carbocycles. The van der Waals surface area contributed by atoms with Gasteiger partial charge < -0.3 is 5.11 Å². The molecule has 0 aliphatic heterocycles. The average Bonchev–Trinajstić information content (AvgIpc) is 2.17. The number of rotatable bonds is 3. The fraction of sp³-hybridized carbons (Fsp3) is 0.727. The van der Waals surface area contributed by atoms with E-state index in [2.05, 4.69) is 0 Å². The number of allylic oxidation sites excluding steroid dienone is 1. The molecule has 1 aliphatic rings. The number of aliphatic hydroxyl groups is 1. The first kappa shape index (κ1) is 10.5. The molecular formula is C11H18O2. The van der Waals surface area contributed by atoms with E-state index in [-0.39, 0.29) is 11.7 Å². The second kappa shape index (κ2) is 4.56. The van der Waals surface area contributed by atoms with Crippen molar-refractivity contribution in [1.82, 2.24) is 0 Å². The number of hydrogen-bond acceptors (Lipinski definition) is 2. The predicted molar refractivity (Wildman–Crippen MR) is 52.4 cm³/mol. The van der Waals surface area contributed by atoms with Crippen LogP contribution in [-0.4, -0.2) is 17.0 Å². The van der Waals surface area contributed by atoms with Gasteiger partial charge in [0.25, 0.3) is 0 Å². The van der Waals surface area contributed by atoms with Gasteiger partial charge in [-0.05, 0) is 37.2 Å². The molecule has 2 heteroatoms. The molecule has 0 saturated heterocycles. The maximum Gasteiger partial charge on any atom is 0.187 e. The Morgan fingerprint density at radius 2 is 2.15 bits per heavy atom. The van der Waals surface area contributed by atoms with Crippen LogP contribution in [-0.2, 0) is 4.79 Å². The zero-order valence-electron chi connectivity index (χ0n) is 8.42. The van der Waals surface area contributed by atoms with Crippen molar-refractivity contribution < 1.29 is 9.90 Å². The maximum absolute atomic E-state index is 11.6. The highest BCUT2D eigenvalue weighted by Crippen LogP contribution is 2.20. The summed E-state index contributed by atoms with van der Waals surface area (Å²) in [6, 6.07) is 0. The molecule has 0 heterocycles. The van der Waals surface area contributed by atoms with E-state index in [0.717, 1.165) is 24.8 Å². The minimum absolute atomic E-state index is 0.0235. The third-order valence-electron chi connectivity index (χ3n) is 2.51. The van der Waals surface area contributed by atoms with E-state index in [0.29, 0.717) is 0 Å². The summed E-state index contributed by atoms with van der Waals surface area (Å²) in [6.07, 6.45) is 5.28. The van der Waals surface area contributed by atoms with Gasteiger partial charge in [-0.25, -0.2) is 0 Å². The maximum atomic E-state index is 11.6. The molecule has 0 saturated carbocycles. The number of carbonyl (C=O) groups is 1. The van der Waals surface area contributed by atoms with Crippen molar-refractivity contribution in [2.75, 3.05) is 0 Å². The van der Waals surface area contributed by atoms with Gasteiger partial charge in [0.05, 0.1) is 0 Å². The number of hydrogen-bond donors (Lipinski definition) is 1. The number of aliphatic hydroxyl groups excluding tert-OH is 1. The Kier molecular flexibility index (Phi) is 3.67. The molecule has 0 bridgehead atoms. The van der Waals surface area contributed by atoms with Gasteiger partial charge >= 0.3 is 0 Å². The molecule has 2 nitrogen and oxygen atoms in total. The summed E-state index contributed by atoms with van der Waals surface area (Å²) in [5.41, 5.74) is 0.840. The highest BCUT2D eigenvalue weighted by atomic mass is 16.3. The van der Waals surface area contributed by atoms with Gasteiger partial charge in [0.2, 0.25) is 0 Å². The molecule has 0 fully saturated rings. The highest BCUT2D eigenvalue weighted by molar-refractivity contribution is 5.98. The van der Waals surface area contributed by atoms with Crippen LogP contribution in [0.15, 0.2) is 11.6 Å². The molecule has 1 N–H and O–H groups in total. The Labute approximate surface area is 79.6 Å². The summed E-state index contributed by atoms with van der Waals surface area (Å²) in [5.74, 6) is -0.0370. The molecule has 0 radical (unpaired) electrons. The second-order valence-electron chi connectivity index (χ2n) is 4.03. The van der Waals surface area contributed by atoms with Crippen LogP contribution in [0.25, 0.3) is 0 Å². The van der Waals surface area contributed by atoms with E-state index in [9.17, 15) is 9.90 Å². The normalized spacial score (nSPS) is 19.8. The van der Waals surface area contributed by atoms with Crippen molar-refractivity contribution in [1.29, 1.82) is 0 Å². The number of Topliss-reactive ketones (excluding diaryl/α,β-unsaturated/α-hetero) is 1. The third-order valence-corrected chi connectivity index (χ3v) is 2.51. The summed E-state index contributed by atoms with van der Waals surface area (Å²) in [6.45, 7) is 3.73. The van der Waals surface area contributed by atoms with Crippen LogP contribution in [0.5, 0.6) is 0 Å². The van der Waals surface area contributed by atoms with Gasteiger partial charge in [-0.3, -0.25) is 4.79 Å². The van der Waals surface area contributed by atoms with Crippen LogP contribution < -0.4 is 0 Å². The molecular weight excluding hydrogens is 164 g/mol. The Morgan fingerprint density at radius 3 is 2.62 bits per heavy atom. The van der Waals surface area contributed by atoms with Crippen molar-refractivity contribution in [3.05, 3.63) is 11.6 Å². The van der Waals surface area contributed by atoms with Gasteiger partial charge in [-0.1, -0.05) is 19.9 Å². The second-order valence-corrected chi connectivity index (χ2v) is 4.03. The van der Waals surface area contributed by atoms with Crippen molar-refractivity contribution in [3.8, 4) is 0 Å². The lowest BCUT2D eigenvalue weighted by Gasteiger charge is -2.17. The lowest BCUT2D eigenvalue weighted by molar-refractivity contribution is -0.125. The van der Waals surface area contributed by atoms with E-state index >= 15 is 0 Å². The molecule has 74 valence electrons. The molecule has 0 aromatic carbocycles. The quantitative estimate of drug-likeness (QED) is 0.725. The lowest BCUT2D eigenvalue weighted by Crippen LogP contribution is -2.28. The van der Waals surface area contributed by atoms with E-state index in [4.69, 9.17) is 0 Å². The van der Waals surface area contributed by atoms with Gasteiger partial charge in [0, 0.05) is 0 Å². The Bertz CT molecular complexity index is 216. The first-order chi connectivity index (χ1) is 6.13. The van der Waals surface area contributed by atoms with Crippen molar-refractivity contribution in [3.63, 3.8) is 0 Å². The number of ketones is 1. The van der Waals surface area contributed by atoms with E-state index in [1.807, 2.05) is 19.9 Å². The molecule has 1 unspecified atom stereocenters. The van der Waals surface area contributed by atoms with Crippen LogP contribution in [0.3, 0.4) is 0 Å². The third kappa shape index (κ3) is 2.66. The fourth-order valence-corrected chi connectivity index (χ4v) is 1.55. The first-order valence-electron chi connectivity index (χ1n) is 5.04. The molecule has 0 amide bonds. The average molecular weight is 182 g/mol. The topological polar surface area (TPSA) is 37.3 Å². The highest BCUT2D eigenvalue weighted by Gasteiger charge is 2.22. The van der Waals surface area contributed by atoms with E-state index < -0.39 is 6.10 Å². The minimum atomic E-state index is -0.802. The summed E-state index contributed by atoms with van der Waals surface area (Å²) in [5, 5.41) is 9.56. The minimum Gasteiger partial charge on any atom is -0.385 e. The largest absolute Gasteiger partial charge is 0.385 e. The van der Waals surface area contributed by atoms with Crippen molar-refractivity contribution >= 4 is 5.78 Å². The van der Waals surface area contributed by atoms with Crippen LogP contribution in [0, 0.1) is 5.92 Å². The Hall–Kier alpha value is -0.630. The van der Waals surface area contributed by atoms with Crippen molar-refractivity contribution in [2.24, 2.45) is 5.92 Å². The molecule has 0 spiro atoms. The smallest absolute Gasteiger partial charge is 0.187 e. The Morgan fingerprint density at radius 1 is 1.46 bits per heavy atom. The van der Waals surface area contributed by atoms with Crippen LogP contribution in [0.4, 0.5) is 0 Å². The Balaban J connectivity index is 2.60. The molecule has 13 heavy (non-hydrogen) atoms. The van der Waals surface area contributed by atoms with E-state index in [1.54, 1.807) is 0 Å². The summed E-state index contributed by atoms with van der Waals surface area (Å²) >= 11 is 0. The molecule has 0 aromatic rings. The van der Waals surface area contributed by atoms with Gasteiger partial charge in [-0.15, -0.1) is 0 Å². The molecule has 1 atom stereocenters. The summed E-state index contributed by atoms with van der Waals surface area (Å²) in [7, 11) is 0. The first-order valence-corrected chi connectivity index (χ1v) is 5.04. The summed E-state index contributed by atoms with van der Waals surface area (Å²) in [4.78, 5) is 11.6. The fourth-order valence-electron chi connectivity index (χ4n) is 1.55. The standard InChI is InChI=1S/C11H18O2/c1-8(2)10(12)11(13)9-6-4-3-5-7-9/h6,8,10,12H,3-5,7H2,1-2H3. The van der Waals surface area contributed by atoms with E-state index in [1.165, 1.54) is 6.42 Å². The SMILES string of the molecule is CC(C)C(O)C(=O)C1=CCCCC1. The van der Waals surface area contributed by atoms with Crippen LogP contribution >= 0.6 is 0 Å². The lowest BCUT2D eigenvalue weighted by atomic mass is 9.90. The zero-order chi connectivity index (χ0) is 9.84. The van der Waals surface area contributed by atoms with Crippen molar-refractivity contribution in [2.45, 2.75) is 45.6 Å². The van der Waals surface area contributed by atoms with Gasteiger partial charge in [0.1, 0.15) is 6.10 Å². The van der Waals surface area contributed by atoms with Gasteiger partial charge in [0.15, 0.2) is 5.78 Å². The number of carbonyl (C=O) groups excluding carboxylic acids is 1. The molecule has 0 aromatic heterocycles. The predicted octanol–water partition coefficient (Wildman–Crippen LogP) is 2.07. The van der Waals surface area contributed by atoms with Crippen LogP contribution in [0.2, 0.25) is 0 Å². The monoisotopic (exact) mass is 182 g/mol. The zero-order valence-corrected chi connectivity index (χ0v) is 8.42. The summed E-state index contributed by atoms with van der Waals surface area (Å²) < 4.78 is 0. The van der Waals surface area contributed by atoms with Crippen LogP contribution in [0.1, 0.15) is 39.5 Å².